The van der Waals surface area contributed by atoms with E-state index >= 15 is 0 Å². The molecule has 0 unspecified atom stereocenters. The maximum Gasteiger partial charge on any atom is 0.260 e. The van der Waals surface area contributed by atoms with Gasteiger partial charge in [0.1, 0.15) is 5.82 Å². The fourth-order valence-corrected chi connectivity index (χ4v) is 2.27. The third kappa shape index (κ3) is 4.29. The number of carbonyl (C=O) groups is 1. The summed E-state index contributed by atoms with van der Waals surface area (Å²) in [5.41, 5.74) is 0.512. The fraction of sp³-hybridized carbons (Fsp3) is 0.500. The van der Waals surface area contributed by atoms with E-state index in [-0.39, 0.29) is 5.91 Å². The van der Waals surface area contributed by atoms with Gasteiger partial charge >= 0.3 is 0 Å². The molecule has 0 bridgehead atoms. The number of benzene rings is 1. The first-order chi connectivity index (χ1) is 12.0. The molecule has 1 amide bonds. The van der Waals surface area contributed by atoms with E-state index in [2.05, 4.69) is 10.2 Å². The van der Waals surface area contributed by atoms with Gasteiger partial charge in [0.05, 0.1) is 13.2 Å². The van der Waals surface area contributed by atoms with Gasteiger partial charge in [-0.1, -0.05) is 13.8 Å². The van der Waals surface area contributed by atoms with Gasteiger partial charge in [-0.25, -0.2) is 0 Å². The number of nitrogens with zero attached hydrogens (tertiary/aromatic N) is 4. The second-order valence-corrected chi connectivity index (χ2v) is 5.83. The topological polar surface area (TPSA) is 69.5 Å². The predicted molar refractivity (Wildman–Crippen MR) is 96.5 cm³/mol. The lowest BCUT2D eigenvalue weighted by Gasteiger charge is -2.18. The van der Waals surface area contributed by atoms with E-state index < -0.39 is 0 Å². The second-order valence-electron chi connectivity index (χ2n) is 5.83. The number of hydrogen-bond acceptors (Lipinski definition) is 5. The highest BCUT2D eigenvalue weighted by molar-refractivity contribution is 6.05. The van der Waals surface area contributed by atoms with Crippen LogP contribution in [0.5, 0.6) is 11.5 Å². The van der Waals surface area contributed by atoms with Crippen LogP contribution in [-0.2, 0) is 7.05 Å². The molecular weight excluding hydrogens is 320 g/mol. The van der Waals surface area contributed by atoms with Crippen molar-refractivity contribution in [1.82, 2.24) is 14.8 Å². The maximum absolute atomic E-state index is 12.8. The number of hydrogen-bond donors (Lipinski definition) is 0. The standard InChI is InChI=1S/C18H26N4O3/c1-6-10-24-15-9-8-14(12-16(15)25-11-7-2)17(23)22(5)18-20-19-13(3)21(18)4/h8-9,12H,6-7,10-11H2,1-5H3. The predicted octanol–water partition coefficient (Wildman–Crippen LogP) is 2.98. The van der Waals surface area contributed by atoms with Crippen LogP contribution in [0, 0.1) is 6.92 Å². The van der Waals surface area contributed by atoms with Crippen molar-refractivity contribution >= 4 is 11.9 Å². The highest BCUT2D eigenvalue weighted by Gasteiger charge is 2.20. The Morgan fingerprint density at radius 3 is 2.32 bits per heavy atom. The second kappa shape index (κ2) is 8.50. The molecule has 1 aromatic carbocycles. The van der Waals surface area contributed by atoms with Crippen LogP contribution in [0.25, 0.3) is 0 Å². The largest absolute Gasteiger partial charge is 0.490 e. The summed E-state index contributed by atoms with van der Waals surface area (Å²) in [6.45, 7) is 7.09. The molecular formula is C18H26N4O3. The van der Waals surface area contributed by atoms with Crippen LogP contribution in [0.3, 0.4) is 0 Å². The molecule has 0 radical (unpaired) electrons. The van der Waals surface area contributed by atoms with E-state index in [0.29, 0.717) is 36.2 Å². The van der Waals surface area contributed by atoms with Crippen LogP contribution in [-0.4, -0.2) is 40.9 Å². The quantitative estimate of drug-likeness (QED) is 0.735. The van der Waals surface area contributed by atoms with Gasteiger partial charge < -0.3 is 14.0 Å². The summed E-state index contributed by atoms with van der Waals surface area (Å²) in [7, 11) is 3.51. The number of aryl methyl sites for hydroxylation is 1. The minimum atomic E-state index is -0.182. The van der Waals surface area contributed by atoms with Crippen LogP contribution >= 0.6 is 0 Å². The van der Waals surface area contributed by atoms with Crippen molar-refractivity contribution < 1.29 is 14.3 Å². The molecule has 136 valence electrons. The Morgan fingerprint density at radius 1 is 1.12 bits per heavy atom. The molecule has 2 aromatic rings. The van der Waals surface area contributed by atoms with Crippen molar-refractivity contribution in [3.8, 4) is 11.5 Å². The zero-order valence-corrected chi connectivity index (χ0v) is 15.6. The molecule has 7 heteroatoms. The Hall–Kier alpha value is -2.57. The number of amides is 1. The zero-order chi connectivity index (χ0) is 18.4. The molecule has 0 N–H and O–H groups in total. The molecule has 25 heavy (non-hydrogen) atoms. The summed E-state index contributed by atoms with van der Waals surface area (Å²) in [4.78, 5) is 14.3. The van der Waals surface area contributed by atoms with Gasteiger partial charge in [-0.3, -0.25) is 9.69 Å². The SMILES string of the molecule is CCCOc1ccc(C(=O)N(C)c2nnc(C)n2C)cc1OCCC. The fourth-order valence-electron chi connectivity index (χ4n) is 2.27. The summed E-state index contributed by atoms with van der Waals surface area (Å²) in [5.74, 6) is 2.29. The number of anilines is 1. The van der Waals surface area contributed by atoms with E-state index in [9.17, 15) is 4.79 Å². The van der Waals surface area contributed by atoms with Gasteiger partial charge in [0.2, 0.25) is 5.95 Å². The Morgan fingerprint density at radius 2 is 1.76 bits per heavy atom. The first-order valence-electron chi connectivity index (χ1n) is 8.53. The summed E-state index contributed by atoms with van der Waals surface area (Å²) in [6.07, 6.45) is 1.78. The van der Waals surface area contributed by atoms with Gasteiger partial charge in [0.25, 0.3) is 5.91 Å². The number of rotatable bonds is 8. The van der Waals surface area contributed by atoms with Crippen molar-refractivity contribution in [2.24, 2.45) is 7.05 Å². The molecule has 0 atom stereocenters. The van der Waals surface area contributed by atoms with E-state index in [1.54, 1.807) is 29.8 Å². The molecule has 7 nitrogen and oxygen atoms in total. The van der Waals surface area contributed by atoms with Gasteiger partial charge in [-0.05, 0) is 38.0 Å². The molecule has 0 spiro atoms. The Bertz CT molecular complexity index is 727. The minimum Gasteiger partial charge on any atom is -0.490 e. The molecule has 0 fully saturated rings. The average Bonchev–Trinajstić information content (AvgIpc) is 2.96. The van der Waals surface area contributed by atoms with Crippen LogP contribution < -0.4 is 14.4 Å². The molecule has 2 rings (SSSR count). The summed E-state index contributed by atoms with van der Waals surface area (Å²) in [6, 6.07) is 5.25. The third-order valence-electron chi connectivity index (χ3n) is 3.79. The number of carbonyl (C=O) groups excluding carboxylic acids is 1. The van der Waals surface area contributed by atoms with E-state index in [0.717, 1.165) is 18.7 Å². The third-order valence-corrected chi connectivity index (χ3v) is 3.79. The summed E-state index contributed by atoms with van der Waals surface area (Å²) >= 11 is 0. The molecule has 0 saturated carbocycles. The number of aromatic nitrogens is 3. The van der Waals surface area contributed by atoms with Crippen molar-refractivity contribution in [2.75, 3.05) is 25.2 Å². The highest BCUT2D eigenvalue weighted by Crippen LogP contribution is 2.29. The number of ether oxygens (including phenoxy) is 2. The molecule has 0 saturated heterocycles. The van der Waals surface area contributed by atoms with Crippen LogP contribution in [0.2, 0.25) is 0 Å². The lowest BCUT2D eigenvalue weighted by Crippen LogP contribution is -2.28. The Balaban J connectivity index is 2.27. The van der Waals surface area contributed by atoms with Crippen molar-refractivity contribution in [3.05, 3.63) is 29.6 Å². The Kier molecular flexibility index (Phi) is 6.38. The van der Waals surface area contributed by atoms with Gasteiger partial charge in [-0.2, -0.15) is 0 Å². The molecule has 0 aliphatic rings. The van der Waals surface area contributed by atoms with E-state index in [1.165, 1.54) is 4.90 Å². The minimum absolute atomic E-state index is 0.182. The lowest BCUT2D eigenvalue weighted by atomic mass is 10.1. The maximum atomic E-state index is 12.8. The molecule has 0 aliphatic carbocycles. The smallest absolute Gasteiger partial charge is 0.260 e. The molecule has 1 heterocycles. The van der Waals surface area contributed by atoms with Gasteiger partial charge in [0, 0.05) is 19.7 Å². The van der Waals surface area contributed by atoms with E-state index in [4.69, 9.17) is 9.47 Å². The summed E-state index contributed by atoms with van der Waals surface area (Å²) in [5, 5.41) is 8.05. The summed E-state index contributed by atoms with van der Waals surface area (Å²) < 4.78 is 13.2. The molecule has 1 aromatic heterocycles. The van der Waals surface area contributed by atoms with Crippen molar-refractivity contribution in [2.45, 2.75) is 33.6 Å². The van der Waals surface area contributed by atoms with Gasteiger partial charge in [-0.15, -0.1) is 10.2 Å². The van der Waals surface area contributed by atoms with Crippen LogP contribution in [0.15, 0.2) is 18.2 Å². The van der Waals surface area contributed by atoms with Crippen molar-refractivity contribution in [1.29, 1.82) is 0 Å². The normalized spacial score (nSPS) is 10.6. The first-order valence-corrected chi connectivity index (χ1v) is 8.53. The monoisotopic (exact) mass is 346 g/mol. The zero-order valence-electron chi connectivity index (χ0n) is 15.6. The average molecular weight is 346 g/mol. The van der Waals surface area contributed by atoms with Crippen LogP contribution in [0.4, 0.5) is 5.95 Å². The van der Waals surface area contributed by atoms with E-state index in [1.807, 2.05) is 27.8 Å². The highest BCUT2D eigenvalue weighted by atomic mass is 16.5. The Labute approximate surface area is 148 Å². The van der Waals surface area contributed by atoms with Gasteiger partial charge in [0.15, 0.2) is 11.5 Å². The molecule has 0 aliphatic heterocycles. The lowest BCUT2D eigenvalue weighted by molar-refractivity contribution is 0.0990. The van der Waals surface area contributed by atoms with Crippen molar-refractivity contribution in [3.63, 3.8) is 0 Å². The first kappa shape index (κ1) is 18.8. The van der Waals surface area contributed by atoms with Crippen LogP contribution in [0.1, 0.15) is 42.9 Å².